The number of methoxy groups -OCH3 is 2. The van der Waals surface area contributed by atoms with Crippen molar-refractivity contribution in [3.8, 4) is 11.5 Å². The summed E-state index contributed by atoms with van der Waals surface area (Å²) in [6.07, 6.45) is 1.96. The Balaban J connectivity index is 1.71. The van der Waals surface area contributed by atoms with E-state index in [1.54, 1.807) is 20.5 Å². The summed E-state index contributed by atoms with van der Waals surface area (Å²) in [5.74, 6) is 1.68. The number of ether oxygens (including phenoxy) is 2. The number of hydrogen-bond donors (Lipinski definition) is 1. The molecular formula is C23H27NO4. The van der Waals surface area contributed by atoms with Gasteiger partial charge in [0.25, 0.3) is 0 Å². The molecule has 1 amide bonds. The zero-order valence-corrected chi connectivity index (χ0v) is 17.1. The smallest absolute Gasteiger partial charge is 0.224 e. The van der Waals surface area contributed by atoms with E-state index in [4.69, 9.17) is 13.9 Å². The second-order valence-corrected chi connectivity index (χ2v) is 7.26. The molecule has 3 aromatic rings. The summed E-state index contributed by atoms with van der Waals surface area (Å²) in [7, 11) is 3.19. The Morgan fingerprint density at radius 2 is 1.86 bits per heavy atom. The third-order valence-corrected chi connectivity index (χ3v) is 4.95. The van der Waals surface area contributed by atoms with Gasteiger partial charge in [0.2, 0.25) is 5.91 Å². The summed E-state index contributed by atoms with van der Waals surface area (Å²) in [5.41, 5.74) is 5.16. The second kappa shape index (κ2) is 8.38. The van der Waals surface area contributed by atoms with Crippen molar-refractivity contribution in [2.45, 2.75) is 39.7 Å². The Morgan fingerprint density at radius 1 is 1.11 bits per heavy atom. The summed E-state index contributed by atoms with van der Waals surface area (Å²) >= 11 is 0. The highest BCUT2D eigenvalue weighted by atomic mass is 16.5. The van der Waals surface area contributed by atoms with Crippen LogP contribution >= 0.6 is 0 Å². The first-order valence-corrected chi connectivity index (χ1v) is 9.41. The fraction of sp³-hybridized carbons (Fsp3) is 0.348. The lowest BCUT2D eigenvalue weighted by Gasteiger charge is -2.11. The quantitative estimate of drug-likeness (QED) is 0.642. The number of nitrogens with one attached hydrogen (secondary N) is 1. The maximum absolute atomic E-state index is 12.5. The summed E-state index contributed by atoms with van der Waals surface area (Å²) in [6.45, 7) is 6.85. The fourth-order valence-electron chi connectivity index (χ4n) is 3.43. The lowest BCUT2D eigenvalue weighted by Crippen LogP contribution is -2.24. The highest BCUT2D eigenvalue weighted by Crippen LogP contribution is 2.29. The van der Waals surface area contributed by atoms with Crippen LogP contribution in [0, 0.1) is 6.92 Å². The molecule has 5 nitrogen and oxygen atoms in total. The monoisotopic (exact) mass is 381 g/mol. The Bertz CT molecular complexity index is 988. The minimum atomic E-state index is -0.0517. The van der Waals surface area contributed by atoms with Gasteiger partial charge in [-0.05, 0) is 53.8 Å². The van der Waals surface area contributed by atoms with Crippen molar-refractivity contribution < 1.29 is 18.7 Å². The van der Waals surface area contributed by atoms with Gasteiger partial charge in [-0.15, -0.1) is 0 Å². The average molecular weight is 381 g/mol. The van der Waals surface area contributed by atoms with Crippen LogP contribution < -0.4 is 14.8 Å². The largest absolute Gasteiger partial charge is 0.493 e. The topological polar surface area (TPSA) is 60.7 Å². The molecule has 1 heterocycles. The van der Waals surface area contributed by atoms with E-state index in [0.29, 0.717) is 24.0 Å². The summed E-state index contributed by atoms with van der Waals surface area (Å²) in [4.78, 5) is 12.5. The van der Waals surface area contributed by atoms with Crippen LogP contribution in [0.2, 0.25) is 0 Å². The van der Waals surface area contributed by atoms with Crippen molar-refractivity contribution in [2.75, 3.05) is 14.2 Å². The molecule has 0 saturated carbocycles. The molecule has 0 aliphatic carbocycles. The Kier molecular flexibility index (Phi) is 5.93. The highest BCUT2D eigenvalue weighted by Gasteiger charge is 2.14. The SMILES string of the molecule is COc1ccc(CNC(=O)Cc2coc3cc(C)c(C(C)C)cc23)cc1OC. The standard InChI is InChI=1S/C23H27NO4/c1-14(2)18-11-19-17(13-28-21(19)8-15(18)3)10-23(25)24-12-16-6-7-20(26-4)22(9-16)27-5/h6-9,11,13-14H,10,12H2,1-5H3,(H,24,25). The summed E-state index contributed by atoms with van der Waals surface area (Å²) in [6, 6.07) is 9.81. The first kappa shape index (κ1) is 19.8. The van der Waals surface area contributed by atoms with Crippen LogP contribution in [0.25, 0.3) is 11.0 Å². The number of carbonyl (C=O) groups excluding carboxylic acids is 1. The predicted molar refractivity (Wildman–Crippen MR) is 110 cm³/mol. The lowest BCUT2D eigenvalue weighted by molar-refractivity contribution is -0.120. The molecule has 148 valence electrons. The Hall–Kier alpha value is -2.95. The van der Waals surface area contributed by atoms with Crippen molar-refractivity contribution in [1.82, 2.24) is 5.32 Å². The van der Waals surface area contributed by atoms with Crippen LogP contribution in [-0.4, -0.2) is 20.1 Å². The van der Waals surface area contributed by atoms with Gasteiger partial charge < -0.3 is 19.2 Å². The van der Waals surface area contributed by atoms with Gasteiger partial charge >= 0.3 is 0 Å². The van der Waals surface area contributed by atoms with E-state index in [2.05, 4.69) is 38.2 Å². The van der Waals surface area contributed by atoms with Gasteiger partial charge in [0.15, 0.2) is 11.5 Å². The molecule has 3 rings (SSSR count). The number of fused-ring (bicyclic) bond motifs is 1. The maximum atomic E-state index is 12.5. The number of hydrogen-bond acceptors (Lipinski definition) is 4. The minimum absolute atomic E-state index is 0.0517. The van der Waals surface area contributed by atoms with Gasteiger partial charge in [0.05, 0.1) is 26.9 Å². The van der Waals surface area contributed by atoms with Gasteiger partial charge in [-0.25, -0.2) is 0 Å². The van der Waals surface area contributed by atoms with Crippen LogP contribution in [0.3, 0.4) is 0 Å². The molecule has 0 radical (unpaired) electrons. The molecule has 5 heteroatoms. The van der Waals surface area contributed by atoms with E-state index in [0.717, 1.165) is 22.1 Å². The van der Waals surface area contributed by atoms with Crippen molar-refractivity contribution in [3.05, 3.63) is 58.8 Å². The van der Waals surface area contributed by atoms with Gasteiger partial charge in [0, 0.05) is 17.5 Å². The lowest BCUT2D eigenvalue weighted by atomic mass is 9.95. The van der Waals surface area contributed by atoms with Crippen LogP contribution in [0.4, 0.5) is 0 Å². The first-order chi connectivity index (χ1) is 13.4. The van der Waals surface area contributed by atoms with E-state index in [1.165, 1.54) is 11.1 Å². The average Bonchev–Trinajstić information content (AvgIpc) is 3.06. The van der Waals surface area contributed by atoms with Crippen LogP contribution in [0.15, 0.2) is 41.0 Å². The number of benzene rings is 2. The zero-order valence-electron chi connectivity index (χ0n) is 17.1. The van der Waals surface area contributed by atoms with Gasteiger partial charge in [-0.2, -0.15) is 0 Å². The van der Waals surface area contributed by atoms with Crippen LogP contribution in [0.1, 0.15) is 42.0 Å². The highest BCUT2D eigenvalue weighted by molar-refractivity contribution is 5.88. The van der Waals surface area contributed by atoms with E-state index in [1.807, 2.05) is 18.2 Å². The molecule has 0 saturated heterocycles. The molecule has 0 aliphatic rings. The minimum Gasteiger partial charge on any atom is -0.493 e. The summed E-state index contributed by atoms with van der Waals surface area (Å²) in [5, 5.41) is 3.97. The number of rotatable bonds is 7. The Labute approximate surface area is 165 Å². The molecule has 0 aliphatic heterocycles. The second-order valence-electron chi connectivity index (χ2n) is 7.26. The van der Waals surface area contributed by atoms with Gasteiger partial charge in [-0.1, -0.05) is 19.9 Å². The first-order valence-electron chi connectivity index (χ1n) is 9.41. The number of amides is 1. The van der Waals surface area contributed by atoms with Crippen molar-refractivity contribution in [3.63, 3.8) is 0 Å². The normalized spacial score (nSPS) is 11.1. The van der Waals surface area contributed by atoms with E-state index < -0.39 is 0 Å². The van der Waals surface area contributed by atoms with Crippen molar-refractivity contribution in [1.29, 1.82) is 0 Å². The van der Waals surface area contributed by atoms with Crippen molar-refractivity contribution in [2.24, 2.45) is 0 Å². The predicted octanol–water partition coefficient (Wildman–Crippen LogP) is 4.74. The fourth-order valence-corrected chi connectivity index (χ4v) is 3.43. The zero-order chi connectivity index (χ0) is 20.3. The molecule has 0 atom stereocenters. The molecule has 0 bridgehead atoms. The van der Waals surface area contributed by atoms with E-state index in [9.17, 15) is 4.79 Å². The van der Waals surface area contributed by atoms with E-state index in [-0.39, 0.29) is 12.3 Å². The molecule has 0 fully saturated rings. The molecule has 1 N–H and O–H groups in total. The molecule has 28 heavy (non-hydrogen) atoms. The molecule has 1 aromatic heterocycles. The maximum Gasteiger partial charge on any atom is 0.224 e. The van der Waals surface area contributed by atoms with Crippen molar-refractivity contribution >= 4 is 16.9 Å². The van der Waals surface area contributed by atoms with Crippen LogP contribution in [-0.2, 0) is 17.8 Å². The third-order valence-electron chi connectivity index (χ3n) is 4.95. The van der Waals surface area contributed by atoms with Gasteiger partial charge in [-0.3, -0.25) is 4.79 Å². The molecule has 0 spiro atoms. The molecule has 2 aromatic carbocycles. The van der Waals surface area contributed by atoms with Crippen LogP contribution in [0.5, 0.6) is 11.5 Å². The number of furan rings is 1. The third kappa shape index (κ3) is 4.14. The van der Waals surface area contributed by atoms with E-state index >= 15 is 0 Å². The summed E-state index contributed by atoms with van der Waals surface area (Å²) < 4.78 is 16.2. The Morgan fingerprint density at radius 3 is 2.54 bits per heavy atom. The van der Waals surface area contributed by atoms with Gasteiger partial charge in [0.1, 0.15) is 5.58 Å². The number of aryl methyl sites for hydroxylation is 1. The molecular weight excluding hydrogens is 354 g/mol. The number of carbonyl (C=O) groups is 1. The molecule has 0 unspecified atom stereocenters.